The van der Waals surface area contributed by atoms with Crippen LogP contribution in [0.3, 0.4) is 0 Å². The van der Waals surface area contributed by atoms with Gasteiger partial charge in [-0.25, -0.2) is 19.7 Å². The molecule has 0 radical (unpaired) electrons. The predicted octanol–water partition coefficient (Wildman–Crippen LogP) is 1.15. The summed E-state index contributed by atoms with van der Waals surface area (Å²) in [6, 6.07) is 0. The molecule has 2 unspecified atom stereocenters. The van der Waals surface area contributed by atoms with Crippen LogP contribution in [0.4, 0.5) is 0 Å². The monoisotopic (exact) mass is 262 g/mol. The van der Waals surface area contributed by atoms with Gasteiger partial charge in [-0.15, -0.1) is 0 Å². The van der Waals surface area contributed by atoms with Gasteiger partial charge in [-0.1, -0.05) is 6.92 Å². The van der Waals surface area contributed by atoms with Crippen LogP contribution in [0, 0.1) is 0 Å². The number of aromatic nitrogens is 4. The van der Waals surface area contributed by atoms with E-state index in [-0.39, 0.29) is 6.23 Å². The van der Waals surface area contributed by atoms with E-state index in [4.69, 9.17) is 9.84 Å². The van der Waals surface area contributed by atoms with E-state index < -0.39 is 12.1 Å². The first-order valence-electron chi connectivity index (χ1n) is 6.25. The highest BCUT2D eigenvalue weighted by Crippen LogP contribution is 2.30. The van der Waals surface area contributed by atoms with Crippen LogP contribution in [0.2, 0.25) is 0 Å². The van der Waals surface area contributed by atoms with Gasteiger partial charge in [0.2, 0.25) is 0 Å². The summed E-state index contributed by atoms with van der Waals surface area (Å²) in [6.07, 6.45) is 4.02. The molecule has 1 aliphatic rings. The second kappa shape index (κ2) is 4.58. The van der Waals surface area contributed by atoms with Crippen LogP contribution < -0.4 is 0 Å². The number of rotatable bonds is 3. The summed E-state index contributed by atoms with van der Waals surface area (Å²) in [5, 5.41) is 8.95. The molecule has 1 aliphatic heterocycles. The lowest BCUT2D eigenvalue weighted by Gasteiger charge is -2.13. The van der Waals surface area contributed by atoms with E-state index in [0.717, 1.165) is 17.6 Å². The minimum atomic E-state index is -0.921. The molecule has 19 heavy (non-hydrogen) atoms. The fourth-order valence-corrected chi connectivity index (χ4v) is 2.38. The lowest BCUT2D eigenvalue weighted by Crippen LogP contribution is -2.20. The van der Waals surface area contributed by atoms with Crippen molar-refractivity contribution in [2.75, 3.05) is 0 Å². The summed E-state index contributed by atoms with van der Waals surface area (Å²) in [7, 11) is 0. The largest absolute Gasteiger partial charge is 0.479 e. The summed E-state index contributed by atoms with van der Waals surface area (Å²) >= 11 is 0. The Morgan fingerprint density at radius 2 is 2.32 bits per heavy atom. The Labute approximate surface area is 109 Å². The number of hydrogen-bond acceptors (Lipinski definition) is 5. The molecule has 7 heteroatoms. The Morgan fingerprint density at radius 3 is 3.00 bits per heavy atom. The van der Waals surface area contributed by atoms with E-state index in [1.54, 1.807) is 10.9 Å². The molecule has 100 valence electrons. The van der Waals surface area contributed by atoms with E-state index in [9.17, 15) is 4.79 Å². The van der Waals surface area contributed by atoms with Crippen LogP contribution in [0.25, 0.3) is 11.2 Å². The Hall–Kier alpha value is -2.02. The normalized spacial score (nSPS) is 23.0. The van der Waals surface area contributed by atoms with Gasteiger partial charge in [0, 0.05) is 0 Å². The molecule has 2 atom stereocenters. The second-order valence-electron chi connectivity index (χ2n) is 4.49. The highest BCUT2D eigenvalue weighted by molar-refractivity contribution is 5.74. The maximum atomic E-state index is 10.9. The Kier molecular flexibility index (Phi) is 2.90. The Balaban J connectivity index is 1.96. The zero-order valence-electron chi connectivity index (χ0n) is 10.5. The van der Waals surface area contributed by atoms with E-state index >= 15 is 0 Å². The van der Waals surface area contributed by atoms with Crippen molar-refractivity contribution in [3.05, 3.63) is 18.3 Å². The van der Waals surface area contributed by atoms with Crippen molar-refractivity contribution in [1.29, 1.82) is 0 Å². The number of carboxylic acids is 1. The molecule has 0 spiro atoms. The highest BCUT2D eigenvalue weighted by Gasteiger charge is 2.32. The lowest BCUT2D eigenvalue weighted by molar-refractivity contribution is -0.151. The molecule has 1 N–H and O–H groups in total. The molecule has 1 saturated heterocycles. The standard InChI is InChI=1S/C12H14N4O3/c1-2-7-10-11(14-5-13-7)16(6-15-10)9-4-3-8(19-9)12(17)18/h5-6,8-9H,2-4H2,1H3,(H,17,18). The third kappa shape index (κ3) is 1.95. The first kappa shape index (κ1) is 12.0. The van der Waals surface area contributed by atoms with Gasteiger partial charge in [0.1, 0.15) is 18.1 Å². The number of hydrogen-bond donors (Lipinski definition) is 1. The van der Waals surface area contributed by atoms with Crippen LogP contribution in [-0.2, 0) is 16.0 Å². The van der Waals surface area contributed by atoms with Crippen molar-refractivity contribution in [1.82, 2.24) is 19.5 Å². The molecule has 7 nitrogen and oxygen atoms in total. The number of fused-ring (bicyclic) bond motifs is 1. The number of ether oxygens (including phenoxy) is 1. The smallest absolute Gasteiger partial charge is 0.332 e. The number of imidazole rings is 1. The molecular weight excluding hydrogens is 248 g/mol. The fraction of sp³-hybridized carbons (Fsp3) is 0.500. The zero-order valence-corrected chi connectivity index (χ0v) is 10.5. The van der Waals surface area contributed by atoms with Gasteiger partial charge in [-0.2, -0.15) is 0 Å². The van der Waals surface area contributed by atoms with Crippen LogP contribution in [0.1, 0.15) is 31.7 Å². The summed E-state index contributed by atoms with van der Waals surface area (Å²) in [4.78, 5) is 23.6. The molecule has 0 aliphatic carbocycles. The van der Waals surface area contributed by atoms with Gasteiger partial charge in [0.15, 0.2) is 11.8 Å². The van der Waals surface area contributed by atoms with Crippen molar-refractivity contribution in [3.8, 4) is 0 Å². The lowest BCUT2D eigenvalue weighted by atomic mass is 10.2. The molecule has 3 heterocycles. The van der Waals surface area contributed by atoms with Crippen molar-refractivity contribution in [2.24, 2.45) is 0 Å². The number of aliphatic carboxylic acids is 1. The summed E-state index contributed by atoms with van der Waals surface area (Å²) in [5.74, 6) is -0.921. The van der Waals surface area contributed by atoms with Crippen LogP contribution in [0.15, 0.2) is 12.7 Å². The molecule has 0 amide bonds. The number of nitrogens with zero attached hydrogens (tertiary/aromatic N) is 4. The number of carbonyl (C=O) groups is 1. The third-order valence-electron chi connectivity index (χ3n) is 3.35. The SMILES string of the molecule is CCc1ncnc2c1ncn2C1CCC(C(=O)O)O1. The Morgan fingerprint density at radius 1 is 1.47 bits per heavy atom. The first-order valence-corrected chi connectivity index (χ1v) is 6.25. The first-order chi connectivity index (χ1) is 9.20. The number of aryl methyl sites for hydroxylation is 1. The average Bonchev–Trinajstić information content (AvgIpc) is 3.04. The maximum absolute atomic E-state index is 10.9. The second-order valence-corrected chi connectivity index (χ2v) is 4.49. The van der Waals surface area contributed by atoms with Crippen molar-refractivity contribution < 1.29 is 14.6 Å². The Bertz CT molecular complexity index is 624. The van der Waals surface area contributed by atoms with E-state index in [0.29, 0.717) is 18.5 Å². The van der Waals surface area contributed by atoms with Crippen LogP contribution in [0.5, 0.6) is 0 Å². The van der Waals surface area contributed by atoms with Gasteiger partial charge in [-0.05, 0) is 19.3 Å². The van der Waals surface area contributed by atoms with Crippen molar-refractivity contribution in [3.63, 3.8) is 0 Å². The van der Waals surface area contributed by atoms with Crippen molar-refractivity contribution in [2.45, 2.75) is 38.5 Å². The molecular formula is C12H14N4O3. The minimum Gasteiger partial charge on any atom is -0.479 e. The van der Waals surface area contributed by atoms with Crippen LogP contribution >= 0.6 is 0 Å². The third-order valence-corrected chi connectivity index (χ3v) is 3.35. The minimum absolute atomic E-state index is 0.314. The molecule has 3 rings (SSSR count). The topological polar surface area (TPSA) is 90.1 Å². The van der Waals surface area contributed by atoms with Gasteiger partial charge >= 0.3 is 5.97 Å². The quantitative estimate of drug-likeness (QED) is 0.892. The summed E-state index contributed by atoms with van der Waals surface area (Å²) < 4.78 is 7.30. The molecule has 0 saturated carbocycles. The molecule has 2 aromatic heterocycles. The molecule has 2 aromatic rings. The van der Waals surface area contributed by atoms with Gasteiger partial charge < -0.3 is 9.84 Å². The fourth-order valence-electron chi connectivity index (χ4n) is 2.38. The average molecular weight is 262 g/mol. The van der Waals surface area contributed by atoms with Gasteiger partial charge in [0.05, 0.1) is 12.0 Å². The molecule has 0 aromatic carbocycles. The van der Waals surface area contributed by atoms with E-state index in [1.807, 2.05) is 6.92 Å². The van der Waals surface area contributed by atoms with Gasteiger partial charge in [0.25, 0.3) is 0 Å². The van der Waals surface area contributed by atoms with Gasteiger partial charge in [-0.3, -0.25) is 4.57 Å². The number of carboxylic acid groups (broad SMARTS) is 1. The van der Waals surface area contributed by atoms with Crippen LogP contribution in [-0.4, -0.2) is 36.7 Å². The maximum Gasteiger partial charge on any atom is 0.332 e. The van der Waals surface area contributed by atoms with E-state index in [1.165, 1.54) is 6.33 Å². The van der Waals surface area contributed by atoms with Crippen molar-refractivity contribution >= 4 is 17.1 Å². The molecule has 1 fully saturated rings. The highest BCUT2D eigenvalue weighted by atomic mass is 16.5. The predicted molar refractivity (Wildman–Crippen MR) is 65.5 cm³/mol. The zero-order chi connectivity index (χ0) is 13.4. The van der Waals surface area contributed by atoms with E-state index in [2.05, 4.69) is 15.0 Å². The summed E-state index contributed by atoms with van der Waals surface area (Å²) in [6.45, 7) is 2.01. The summed E-state index contributed by atoms with van der Waals surface area (Å²) in [5.41, 5.74) is 2.34. The molecule has 0 bridgehead atoms.